The third-order valence-electron chi connectivity index (χ3n) is 2.89. The first-order chi connectivity index (χ1) is 9.63. The van der Waals surface area contributed by atoms with E-state index in [9.17, 15) is 9.18 Å². The summed E-state index contributed by atoms with van der Waals surface area (Å²) in [6.45, 7) is 0. The van der Waals surface area contributed by atoms with Crippen LogP contribution in [0.1, 0.15) is 10.5 Å². The average molecular weight is 270 g/mol. The molecule has 0 unspecified atom stereocenters. The number of H-pyrrole nitrogens is 1. The number of carbonyl (C=O) groups is 1. The fraction of sp³-hybridized carbons (Fsp3) is 0. The second-order valence-electron chi connectivity index (χ2n) is 4.29. The first-order valence-corrected chi connectivity index (χ1v) is 5.94. The smallest absolute Gasteiger partial charge is 0.273 e. The van der Waals surface area contributed by atoms with Crippen molar-refractivity contribution in [3.63, 3.8) is 0 Å². The van der Waals surface area contributed by atoms with E-state index < -0.39 is 11.9 Å². The second-order valence-corrected chi connectivity index (χ2v) is 4.29. The zero-order valence-corrected chi connectivity index (χ0v) is 10.4. The number of carbonyl (C=O) groups excluding carboxylic acids is 1. The molecule has 0 bridgehead atoms. The summed E-state index contributed by atoms with van der Waals surface area (Å²) >= 11 is 0. The number of aromatic nitrogens is 2. The fourth-order valence-electron chi connectivity index (χ4n) is 1.96. The Labute approximate surface area is 113 Å². The van der Waals surface area contributed by atoms with Crippen molar-refractivity contribution in [1.82, 2.24) is 9.97 Å². The van der Waals surface area contributed by atoms with Crippen molar-refractivity contribution in [3.8, 4) is 0 Å². The summed E-state index contributed by atoms with van der Waals surface area (Å²) < 4.78 is 13.0. The molecular weight excluding hydrogens is 259 g/mol. The minimum Gasteiger partial charge on any atom is -0.397 e. The maximum Gasteiger partial charge on any atom is 0.273 e. The number of anilines is 2. The van der Waals surface area contributed by atoms with Gasteiger partial charge in [0.2, 0.25) is 5.95 Å². The summed E-state index contributed by atoms with van der Waals surface area (Å²) in [4.78, 5) is 18.6. The molecule has 0 aliphatic heterocycles. The Balaban J connectivity index is 1.91. The molecule has 0 saturated carbocycles. The molecule has 4 N–H and O–H groups in total. The number of nitrogen functional groups attached to an aromatic ring is 1. The summed E-state index contributed by atoms with van der Waals surface area (Å²) in [5.74, 6) is -0.899. The Hall–Kier alpha value is -2.89. The topological polar surface area (TPSA) is 83.8 Å². The number of fused-ring (bicyclic) bond motifs is 1. The van der Waals surface area contributed by atoms with Gasteiger partial charge in [-0.25, -0.2) is 4.98 Å². The average Bonchev–Trinajstić information content (AvgIpc) is 2.84. The molecule has 0 atom stereocenters. The summed E-state index contributed by atoms with van der Waals surface area (Å²) in [7, 11) is 0. The zero-order valence-electron chi connectivity index (χ0n) is 10.4. The van der Waals surface area contributed by atoms with Gasteiger partial charge < -0.3 is 16.0 Å². The molecule has 2 heterocycles. The lowest BCUT2D eigenvalue weighted by molar-refractivity contribution is 0.102. The number of halogens is 1. The van der Waals surface area contributed by atoms with E-state index in [2.05, 4.69) is 15.3 Å². The van der Waals surface area contributed by atoms with Gasteiger partial charge in [-0.05, 0) is 24.3 Å². The molecule has 0 fully saturated rings. The third kappa shape index (κ3) is 2.18. The molecule has 1 aromatic carbocycles. The number of nitrogens with two attached hydrogens (primary N) is 1. The molecular formula is C14H11FN4O. The molecule has 0 saturated heterocycles. The largest absolute Gasteiger partial charge is 0.397 e. The highest BCUT2D eigenvalue weighted by Gasteiger charge is 2.11. The lowest BCUT2D eigenvalue weighted by atomic mass is 10.2. The van der Waals surface area contributed by atoms with Crippen LogP contribution in [0.25, 0.3) is 10.9 Å². The highest BCUT2D eigenvalue weighted by Crippen LogP contribution is 2.21. The van der Waals surface area contributed by atoms with Crippen LogP contribution in [0, 0.1) is 5.95 Å². The summed E-state index contributed by atoms with van der Waals surface area (Å²) in [5.41, 5.74) is 7.41. The minimum atomic E-state index is -0.649. The molecule has 1 amide bonds. The number of aromatic amines is 1. The van der Waals surface area contributed by atoms with Gasteiger partial charge in [-0.2, -0.15) is 4.39 Å². The molecule has 100 valence electrons. The van der Waals surface area contributed by atoms with E-state index in [1.165, 1.54) is 18.2 Å². The lowest BCUT2D eigenvalue weighted by Crippen LogP contribution is -2.13. The van der Waals surface area contributed by atoms with Crippen LogP contribution in [-0.2, 0) is 0 Å². The number of hydrogen-bond acceptors (Lipinski definition) is 3. The Morgan fingerprint density at radius 1 is 1.25 bits per heavy atom. The van der Waals surface area contributed by atoms with Gasteiger partial charge in [0.25, 0.3) is 5.91 Å². The van der Waals surface area contributed by atoms with E-state index in [-0.39, 0.29) is 5.82 Å². The molecule has 0 spiro atoms. The van der Waals surface area contributed by atoms with Crippen LogP contribution in [0.3, 0.4) is 0 Å². The van der Waals surface area contributed by atoms with Crippen LogP contribution in [0.4, 0.5) is 15.9 Å². The Kier molecular flexibility index (Phi) is 2.83. The van der Waals surface area contributed by atoms with Crippen molar-refractivity contribution >= 4 is 28.3 Å². The van der Waals surface area contributed by atoms with Crippen molar-refractivity contribution < 1.29 is 9.18 Å². The van der Waals surface area contributed by atoms with Gasteiger partial charge in [0.15, 0.2) is 0 Å². The maximum atomic E-state index is 13.0. The van der Waals surface area contributed by atoms with Crippen LogP contribution in [-0.4, -0.2) is 15.9 Å². The minimum absolute atomic E-state index is 0.154. The van der Waals surface area contributed by atoms with Gasteiger partial charge in [-0.1, -0.05) is 18.2 Å². The standard InChI is InChI=1S/C14H11FN4O/c15-11-5-2-6-12(18-11)19-14(20)10-7-8-3-1-4-9(16)13(8)17-10/h1-7,17H,16H2,(H,18,19,20). The van der Waals surface area contributed by atoms with Gasteiger partial charge in [-0.3, -0.25) is 4.79 Å². The number of hydrogen-bond donors (Lipinski definition) is 3. The highest BCUT2D eigenvalue weighted by atomic mass is 19.1. The number of pyridine rings is 1. The van der Waals surface area contributed by atoms with Crippen molar-refractivity contribution in [3.05, 3.63) is 54.1 Å². The van der Waals surface area contributed by atoms with E-state index in [1.807, 2.05) is 6.07 Å². The van der Waals surface area contributed by atoms with Gasteiger partial charge in [0.05, 0.1) is 11.2 Å². The normalized spacial score (nSPS) is 10.7. The quantitative estimate of drug-likeness (QED) is 0.494. The van der Waals surface area contributed by atoms with E-state index in [0.29, 0.717) is 16.9 Å². The predicted octanol–water partition coefficient (Wildman–Crippen LogP) is 2.54. The molecule has 3 rings (SSSR count). The van der Waals surface area contributed by atoms with Crippen molar-refractivity contribution in [2.45, 2.75) is 0 Å². The van der Waals surface area contributed by atoms with E-state index in [1.54, 1.807) is 18.2 Å². The van der Waals surface area contributed by atoms with Gasteiger partial charge >= 0.3 is 0 Å². The maximum absolute atomic E-state index is 13.0. The number of para-hydroxylation sites is 1. The molecule has 6 heteroatoms. The number of rotatable bonds is 2. The summed E-state index contributed by atoms with van der Waals surface area (Å²) in [5, 5.41) is 3.35. The van der Waals surface area contributed by atoms with Gasteiger partial charge in [0, 0.05) is 5.39 Å². The monoisotopic (exact) mass is 270 g/mol. The van der Waals surface area contributed by atoms with Gasteiger partial charge in [-0.15, -0.1) is 0 Å². The van der Waals surface area contributed by atoms with E-state index in [4.69, 9.17) is 5.73 Å². The van der Waals surface area contributed by atoms with E-state index in [0.717, 1.165) is 5.39 Å². The number of nitrogens with zero attached hydrogens (tertiary/aromatic N) is 1. The SMILES string of the molecule is Nc1cccc2cc(C(=O)Nc3cccc(F)n3)[nH]c12. The first-order valence-electron chi connectivity index (χ1n) is 5.94. The van der Waals surface area contributed by atoms with Crippen LogP contribution in [0.15, 0.2) is 42.5 Å². The molecule has 5 nitrogen and oxygen atoms in total. The third-order valence-corrected chi connectivity index (χ3v) is 2.89. The van der Waals surface area contributed by atoms with Crippen LogP contribution >= 0.6 is 0 Å². The summed E-state index contributed by atoms with van der Waals surface area (Å²) in [6, 6.07) is 11.3. The number of benzene rings is 1. The molecule has 0 aliphatic rings. The fourth-order valence-corrected chi connectivity index (χ4v) is 1.96. The predicted molar refractivity (Wildman–Crippen MR) is 74.9 cm³/mol. The Morgan fingerprint density at radius 2 is 2.05 bits per heavy atom. The number of nitrogens with one attached hydrogen (secondary N) is 2. The van der Waals surface area contributed by atoms with Crippen molar-refractivity contribution in [2.75, 3.05) is 11.1 Å². The van der Waals surface area contributed by atoms with Crippen molar-refractivity contribution in [2.24, 2.45) is 0 Å². The zero-order chi connectivity index (χ0) is 14.1. The lowest BCUT2D eigenvalue weighted by Gasteiger charge is -2.02. The van der Waals surface area contributed by atoms with Crippen LogP contribution < -0.4 is 11.1 Å². The Morgan fingerprint density at radius 3 is 2.80 bits per heavy atom. The highest BCUT2D eigenvalue weighted by molar-refractivity contribution is 6.06. The first kappa shape index (κ1) is 12.2. The molecule has 20 heavy (non-hydrogen) atoms. The van der Waals surface area contributed by atoms with Gasteiger partial charge in [0.1, 0.15) is 11.5 Å². The molecule has 3 aromatic rings. The van der Waals surface area contributed by atoms with E-state index >= 15 is 0 Å². The van der Waals surface area contributed by atoms with Crippen molar-refractivity contribution in [1.29, 1.82) is 0 Å². The second kappa shape index (κ2) is 4.65. The molecule has 0 aliphatic carbocycles. The number of amides is 1. The molecule has 0 radical (unpaired) electrons. The van der Waals surface area contributed by atoms with Crippen LogP contribution in [0.5, 0.6) is 0 Å². The Bertz CT molecular complexity index is 797. The van der Waals surface area contributed by atoms with Crippen LogP contribution in [0.2, 0.25) is 0 Å². The molecule has 2 aromatic heterocycles. The summed E-state index contributed by atoms with van der Waals surface area (Å²) in [6.07, 6.45) is 0.